The molecule has 2 aromatic rings. The molecule has 2 heterocycles. The van der Waals surface area contributed by atoms with Gasteiger partial charge in [-0.3, -0.25) is 9.69 Å². The molecule has 0 saturated carbocycles. The van der Waals surface area contributed by atoms with Gasteiger partial charge in [-0.15, -0.1) is 0 Å². The maximum Gasteiger partial charge on any atom is 0.257 e. The summed E-state index contributed by atoms with van der Waals surface area (Å²) in [5, 5.41) is 0. The molecule has 0 bridgehead atoms. The lowest BCUT2D eigenvalue weighted by Gasteiger charge is -2.35. The van der Waals surface area contributed by atoms with Crippen molar-refractivity contribution in [3.8, 4) is 0 Å². The molecule has 0 aliphatic carbocycles. The van der Waals surface area contributed by atoms with E-state index >= 15 is 0 Å². The summed E-state index contributed by atoms with van der Waals surface area (Å²) in [4.78, 5) is 17.0. The van der Waals surface area contributed by atoms with E-state index in [2.05, 4.69) is 36.1 Å². The van der Waals surface area contributed by atoms with Gasteiger partial charge in [0.1, 0.15) is 11.5 Å². The third-order valence-electron chi connectivity index (χ3n) is 4.59. The monoisotopic (exact) mass is 312 g/mol. The van der Waals surface area contributed by atoms with Crippen LogP contribution in [0.5, 0.6) is 0 Å². The van der Waals surface area contributed by atoms with Crippen LogP contribution >= 0.6 is 0 Å². The van der Waals surface area contributed by atoms with E-state index in [0.717, 1.165) is 44.2 Å². The van der Waals surface area contributed by atoms with Gasteiger partial charge >= 0.3 is 0 Å². The van der Waals surface area contributed by atoms with E-state index in [0.29, 0.717) is 5.56 Å². The predicted octanol–water partition coefficient (Wildman–Crippen LogP) is 3.16. The third-order valence-corrected chi connectivity index (χ3v) is 4.59. The minimum absolute atomic E-state index is 0.0925. The van der Waals surface area contributed by atoms with Gasteiger partial charge in [-0.1, -0.05) is 24.3 Å². The second-order valence-electron chi connectivity index (χ2n) is 6.32. The molecule has 1 fully saturated rings. The number of hydrogen-bond donors (Lipinski definition) is 0. The summed E-state index contributed by atoms with van der Waals surface area (Å²) in [6.45, 7) is 10.2. The van der Waals surface area contributed by atoms with E-state index in [1.807, 2.05) is 24.8 Å². The highest BCUT2D eigenvalue weighted by molar-refractivity contribution is 5.95. The molecule has 0 unspecified atom stereocenters. The highest BCUT2D eigenvalue weighted by Crippen LogP contribution is 2.18. The molecule has 122 valence electrons. The van der Waals surface area contributed by atoms with Gasteiger partial charge in [0.05, 0.1) is 5.56 Å². The molecule has 0 spiro atoms. The van der Waals surface area contributed by atoms with Crippen LogP contribution in [0.2, 0.25) is 0 Å². The van der Waals surface area contributed by atoms with Gasteiger partial charge < -0.3 is 9.32 Å². The Balaban J connectivity index is 1.59. The Kier molecular flexibility index (Phi) is 4.53. The second kappa shape index (κ2) is 6.59. The number of carbonyl (C=O) groups is 1. The SMILES string of the molecule is Cc1cc(C(=O)N2CCN(Cc3ccccc3C)CC2)c(C)o1. The number of amides is 1. The molecule has 1 aromatic carbocycles. The number of aryl methyl sites for hydroxylation is 3. The first kappa shape index (κ1) is 15.8. The van der Waals surface area contributed by atoms with Crippen LogP contribution in [-0.2, 0) is 6.54 Å². The van der Waals surface area contributed by atoms with Crippen LogP contribution in [0.4, 0.5) is 0 Å². The Morgan fingerprint density at radius 1 is 1.09 bits per heavy atom. The molecule has 3 rings (SSSR count). The van der Waals surface area contributed by atoms with Crippen LogP contribution in [0.1, 0.15) is 33.0 Å². The van der Waals surface area contributed by atoms with Crippen molar-refractivity contribution in [3.05, 3.63) is 58.5 Å². The summed E-state index contributed by atoms with van der Waals surface area (Å²) in [7, 11) is 0. The van der Waals surface area contributed by atoms with Crippen molar-refractivity contribution in [2.24, 2.45) is 0 Å². The molecule has 0 atom stereocenters. The summed E-state index contributed by atoms with van der Waals surface area (Å²) in [6.07, 6.45) is 0. The van der Waals surface area contributed by atoms with Gasteiger partial charge in [-0.25, -0.2) is 0 Å². The molecular formula is C19H24N2O2. The van der Waals surface area contributed by atoms with Crippen molar-refractivity contribution in [3.63, 3.8) is 0 Å². The largest absolute Gasteiger partial charge is 0.466 e. The number of furan rings is 1. The maximum absolute atomic E-state index is 12.6. The van der Waals surface area contributed by atoms with Gasteiger partial charge in [0.25, 0.3) is 5.91 Å². The van der Waals surface area contributed by atoms with E-state index in [-0.39, 0.29) is 5.91 Å². The van der Waals surface area contributed by atoms with E-state index in [1.54, 1.807) is 0 Å². The minimum atomic E-state index is 0.0925. The van der Waals surface area contributed by atoms with Gasteiger partial charge in [0.2, 0.25) is 0 Å². The Morgan fingerprint density at radius 2 is 1.78 bits per heavy atom. The Morgan fingerprint density at radius 3 is 2.39 bits per heavy atom. The smallest absolute Gasteiger partial charge is 0.257 e. The van der Waals surface area contributed by atoms with Gasteiger partial charge in [0, 0.05) is 32.7 Å². The first-order chi connectivity index (χ1) is 11.0. The summed E-state index contributed by atoms with van der Waals surface area (Å²) >= 11 is 0. The average molecular weight is 312 g/mol. The fraction of sp³-hybridized carbons (Fsp3) is 0.421. The summed E-state index contributed by atoms with van der Waals surface area (Å²) < 4.78 is 5.48. The van der Waals surface area contributed by atoms with Crippen LogP contribution < -0.4 is 0 Å². The minimum Gasteiger partial charge on any atom is -0.466 e. The Labute approximate surface area is 137 Å². The molecule has 23 heavy (non-hydrogen) atoms. The van der Waals surface area contributed by atoms with Crippen LogP contribution in [0.15, 0.2) is 34.7 Å². The first-order valence-corrected chi connectivity index (χ1v) is 8.18. The lowest BCUT2D eigenvalue weighted by molar-refractivity contribution is 0.0626. The summed E-state index contributed by atoms with van der Waals surface area (Å²) in [5.41, 5.74) is 3.40. The lowest BCUT2D eigenvalue weighted by Crippen LogP contribution is -2.48. The maximum atomic E-state index is 12.6. The number of piperazine rings is 1. The third kappa shape index (κ3) is 3.48. The number of carbonyl (C=O) groups excluding carboxylic acids is 1. The fourth-order valence-electron chi connectivity index (χ4n) is 3.15. The number of benzene rings is 1. The van der Waals surface area contributed by atoms with E-state index in [4.69, 9.17) is 4.42 Å². The molecule has 4 heteroatoms. The van der Waals surface area contributed by atoms with Crippen LogP contribution in [0, 0.1) is 20.8 Å². The van der Waals surface area contributed by atoms with Crippen LogP contribution in [-0.4, -0.2) is 41.9 Å². The van der Waals surface area contributed by atoms with E-state index in [1.165, 1.54) is 11.1 Å². The molecule has 0 N–H and O–H groups in total. The molecular weight excluding hydrogens is 288 g/mol. The zero-order valence-corrected chi connectivity index (χ0v) is 14.1. The second-order valence-corrected chi connectivity index (χ2v) is 6.32. The van der Waals surface area contributed by atoms with E-state index < -0.39 is 0 Å². The quantitative estimate of drug-likeness (QED) is 0.873. The van der Waals surface area contributed by atoms with Crippen molar-refractivity contribution >= 4 is 5.91 Å². The Bertz CT molecular complexity index is 697. The normalized spacial score (nSPS) is 15.9. The number of rotatable bonds is 3. The molecule has 1 amide bonds. The van der Waals surface area contributed by atoms with Crippen molar-refractivity contribution in [1.82, 2.24) is 9.80 Å². The highest BCUT2D eigenvalue weighted by Gasteiger charge is 2.24. The number of nitrogens with zero attached hydrogens (tertiary/aromatic N) is 2. The van der Waals surface area contributed by atoms with Crippen molar-refractivity contribution < 1.29 is 9.21 Å². The van der Waals surface area contributed by atoms with Crippen molar-refractivity contribution in [2.75, 3.05) is 26.2 Å². The zero-order valence-electron chi connectivity index (χ0n) is 14.1. The summed E-state index contributed by atoms with van der Waals surface area (Å²) in [5.74, 6) is 1.61. The van der Waals surface area contributed by atoms with Crippen LogP contribution in [0.3, 0.4) is 0 Å². The predicted molar refractivity (Wildman–Crippen MR) is 90.5 cm³/mol. The standard InChI is InChI=1S/C19H24N2O2/c1-14-6-4-5-7-17(14)13-20-8-10-21(11-9-20)19(22)18-12-15(2)23-16(18)3/h4-7,12H,8-11,13H2,1-3H3. The van der Waals surface area contributed by atoms with E-state index in [9.17, 15) is 4.79 Å². The first-order valence-electron chi connectivity index (χ1n) is 8.18. The van der Waals surface area contributed by atoms with Crippen molar-refractivity contribution in [1.29, 1.82) is 0 Å². The van der Waals surface area contributed by atoms with Gasteiger partial charge in [-0.05, 0) is 38.0 Å². The fourth-order valence-corrected chi connectivity index (χ4v) is 3.15. The average Bonchev–Trinajstić information content (AvgIpc) is 2.88. The van der Waals surface area contributed by atoms with Gasteiger partial charge in [-0.2, -0.15) is 0 Å². The zero-order chi connectivity index (χ0) is 16.4. The molecule has 0 radical (unpaired) electrons. The highest BCUT2D eigenvalue weighted by atomic mass is 16.3. The molecule has 1 saturated heterocycles. The summed E-state index contributed by atoms with van der Waals surface area (Å²) in [6, 6.07) is 10.3. The van der Waals surface area contributed by atoms with Gasteiger partial charge in [0.15, 0.2) is 0 Å². The molecule has 1 aromatic heterocycles. The molecule has 4 nitrogen and oxygen atoms in total. The Hall–Kier alpha value is -2.07. The van der Waals surface area contributed by atoms with Crippen molar-refractivity contribution in [2.45, 2.75) is 27.3 Å². The molecule has 1 aliphatic rings. The number of hydrogen-bond acceptors (Lipinski definition) is 3. The lowest BCUT2D eigenvalue weighted by atomic mass is 10.1. The topological polar surface area (TPSA) is 36.7 Å². The molecule has 1 aliphatic heterocycles. The van der Waals surface area contributed by atoms with Crippen LogP contribution in [0.25, 0.3) is 0 Å².